The molecule has 2 amide bonds. The molecule has 31 heavy (non-hydrogen) atoms. The van der Waals surface area contributed by atoms with Crippen LogP contribution in [0.25, 0.3) is 0 Å². The lowest BCUT2D eigenvalue weighted by molar-refractivity contribution is -0.116. The van der Waals surface area contributed by atoms with E-state index in [1.165, 1.54) is 16.8 Å². The molecule has 1 aliphatic heterocycles. The molecule has 2 aromatic carbocycles. The Morgan fingerprint density at radius 3 is 2.55 bits per heavy atom. The molecule has 0 aliphatic carbocycles. The molecule has 1 aliphatic rings. The average Bonchev–Trinajstić information content (AvgIpc) is 3.16. The molecule has 7 heteroatoms. The van der Waals surface area contributed by atoms with Crippen molar-refractivity contribution in [1.29, 1.82) is 0 Å². The van der Waals surface area contributed by atoms with Crippen molar-refractivity contribution in [1.82, 2.24) is 9.78 Å². The number of fused-ring (bicyclic) bond motifs is 1. The fourth-order valence-electron chi connectivity index (χ4n) is 3.89. The zero-order valence-electron chi connectivity index (χ0n) is 17.6. The van der Waals surface area contributed by atoms with E-state index in [1.54, 1.807) is 4.90 Å². The molecule has 0 fully saturated rings. The zero-order chi connectivity index (χ0) is 22.0. The van der Waals surface area contributed by atoms with Crippen molar-refractivity contribution in [2.24, 2.45) is 0 Å². The first-order valence-corrected chi connectivity index (χ1v) is 10.3. The van der Waals surface area contributed by atoms with Crippen molar-refractivity contribution in [3.8, 4) is 0 Å². The third kappa shape index (κ3) is 4.55. The van der Waals surface area contributed by atoms with Gasteiger partial charge in [0.05, 0.1) is 6.54 Å². The molecule has 1 N–H and O–H groups in total. The second-order valence-electron chi connectivity index (χ2n) is 7.79. The predicted octanol–water partition coefficient (Wildman–Crippen LogP) is 3.09. The van der Waals surface area contributed by atoms with Gasteiger partial charge in [0.1, 0.15) is 5.69 Å². The number of nitrogens with one attached hydrogen (secondary N) is 1. The van der Waals surface area contributed by atoms with Crippen LogP contribution in [0.2, 0.25) is 0 Å². The number of para-hydroxylation sites is 1. The predicted molar refractivity (Wildman–Crippen MR) is 119 cm³/mol. The second-order valence-corrected chi connectivity index (χ2v) is 7.79. The van der Waals surface area contributed by atoms with Gasteiger partial charge < -0.3 is 10.2 Å². The van der Waals surface area contributed by atoms with E-state index < -0.39 is 0 Å². The van der Waals surface area contributed by atoms with Crippen LogP contribution in [0.1, 0.15) is 33.6 Å². The molecule has 0 bridgehead atoms. The molecule has 158 valence electrons. The number of hydrogen-bond acceptors (Lipinski definition) is 4. The molecule has 7 nitrogen and oxygen atoms in total. The Balaban J connectivity index is 1.45. The molecule has 2 heterocycles. The van der Waals surface area contributed by atoms with Crippen molar-refractivity contribution < 1.29 is 9.59 Å². The summed E-state index contributed by atoms with van der Waals surface area (Å²) in [6.45, 7) is 4.60. The topological polar surface area (TPSA) is 84.3 Å². The van der Waals surface area contributed by atoms with E-state index in [2.05, 4.69) is 10.4 Å². The number of benzene rings is 2. The minimum Gasteiger partial charge on any atom is -0.326 e. The summed E-state index contributed by atoms with van der Waals surface area (Å²) in [5.74, 6) is -0.470. The van der Waals surface area contributed by atoms with Crippen molar-refractivity contribution >= 4 is 23.2 Å². The number of aryl methyl sites for hydroxylation is 3. The average molecular weight is 416 g/mol. The highest BCUT2D eigenvalue weighted by Gasteiger charge is 2.26. The van der Waals surface area contributed by atoms with Gasteiger partial charge in [0.25, 0.3) is 11.5 Å². The van der Waals surface area contributed by atoms with E-state index in [4.69, 9.17) is 0 Å². The first-order chi connectivity index (χ1) is 14.9. The summed E-state index contributed by atoms with van der Waals surface area (Å²) in [4.78, 5) is 39.2. The van der Waals surface area contributed by atoms with Crippen LogP contribution in [0.15, 0.2) is 59.4 Å². The fourth-order valence-corrected chi connectivity index (χ4v) is 3.89. The maximum absolute atomic E-state index is 13.0. The number of aromatic nitrogens is 2. The van der Waals surface area contributed by atoms with E-state index in [-0.39, 0.29) is 36.0 Å². The van der Waals surface area contributed by atoms with Gasteiger partial charge in [-0.2, -0.15) is 5.10 Å². The lowest BCUT2D eigenvalue weighted by Gasteiger charge is -2.17. The maximum Gasteiger partial charge on any atom is 0.278 e. The van der Waals surface area contributed by atoms with Gasteiger partial charge in [0.15, 0.2) is 0 Å². The van der Waals surface area contributed by atoms with Crippen LogP contribution in [-0.2, 0) is 17.8 Å². The lowest BCUT2D eigenvalue weighted by atomic mass is 10.1. The molecule has 0 saturated heterocycles. The van der Waals surface area contributed by atoms with Crippen LogP contribution < -0.4 is 15.8 Å². The van der Waals surface area contributed by atoms with Gasteiger partial charge in [0.2, 0.25) is 5.91 Å². The largest absolute Gasteiger partial charge is 0.326 e. The second kappa shape index (κ2) is 8.55. The highest BCUT2D eigenvalue weighted by molar-refractivity contribution is 6.05. The van der Waals surface area contributed by atoms with Crippen molar-refractivity contribution in [2.75, 3.05) is 16.8 Å². The van der Waals surface area contributed by atoms with E-state index in [0.717, 1.165) is 34.5 Å². The molecule has 3 aromatic rings. The number of hydrogen-bond donors (Lipinski definition) is 1. The molecular weight excluding hydrogens is 392 g/mol. The quantitative estimate of drug-likeness (QED) is 0.693. The monoisotopic (exact) mass is 416 g/mol. The van der Waals surface area contributed by atoms with Crippen LogP contribution in [0, 0.1) is 13.8 Å². The fraction of sp³-hybridized carbons (Fsp3) is 0.250. The third-order valence-electron chi connectivity index (χ3n) is 5.27. The summed E-state index contributed by atoms with van der Waals surface area (Å²) >= 11 is 0. The van der Waals surface area contributed by atoms with Crippen LogP contribution >= 0.6 is 0 Å². The first kappa shape index (κ1) is 20.5. The Morgan fingerprint density at radius 1 is 1.03 bits per heavy atom. The van der Waals surface area contributed by atoms with E-state index in [9.17, 15) is 14.4 Å². The smallest absolute Gasteiger partial charge is 0.278 e. The number of amides is 2. The number of carbonyl (C=O) groups is 2. The molecular formula is C24H24N4O3. The zero-order valence-corrected chi connectivity index (χ0v) is 17.6. The van der Waals surface area contributed by atoms with Crippen LogP contribution in [0.3, 0.4) is 0 Å². The van der Waals surface area contributed by atoms with Gasteiger partial charge in [-0.25, -0.2) is 4.68 Å². The summed E-state index contributed by atoms with van der Waals surface area (Å²) in [6, 6.07) is 16.3. The van der Waals surface area contributed by atoms with Crippen molar-refractivity contribution in [2.45, 2.75) is 33.2 Å². The number of rotatable bonds is 5. The lowest BCUT2D eigenvalue weighted by Crippen LogP contribution is -2.33. The normalized spacial score (nSPS) is 12.5. The summed E-state index contributed by atoms with van der Waals surface area (Å²) in [5, 5.41) is 7.08. The maximum atomic E-state index is 13.0. The highest BCUT2D eigenvalue weighted by Crippen LogP contribution is 2.28. The van der Waals surface area contributed by atoms with Gasteiger partial charge in [0, 0.05) is 30.4 Å². The van der Waals surface area contributed by atoms with Crippen LogP contribution in [0.4, 0.5) is 11.4 Å². The summed E-state index contributed by atoms with van der Waals surface area (Å²) in [5.41, 5.74) is 4.67. The Labute approximate surface area is 180 Å². The minimum atomic E-state index is -0.349. The third-order valence-corrected chi connectivity index (χ3v) is 5.27. The summed E-state index contributed by atoms with van der Waals surface area (Å²) < 4.78 is 1.18. The first-order valence-electron chi connectivity index (χ1n) is 10.3. The Hall–Kier alpha value is -3.74. The summed E-state index contributed by atoms with van der Waals surface area (Å²) in [6.07, 6.45) is 0.865. The Kier molecular flexibility index (Phi) is 5.66. The van der Waals surface area contributed by atoms with Gasteiger partial charge in [-0.15, -0.1) is 0 Å². The van der Waals surface area contributed by atoms with Crippen LogP contribution in [0.5, 0.6) is 0 Å². The van der Waals surface area contributed by atoms with E-state index >= 15 is 0 Å². The van der Waals surface area contributed by atoms with E-state index in [1.807, 2.05) is 56.3 Å². The highest BCUT2D eigenvalue weighted by atomic mass is 16.2. The standard InChI is InChI=1S/C24H24N4O3/c1-16-13-17(2)15-19(14-16)25-22(29)10-12-28-23(30)8-7-20(26-28)24(31)27-11-9-18-5-3-4-6-21(18)27/h3-8,13-15H,9-12H2,1-2H3,(H,25,29). The molecule has 0 atom stereocenters. The molecule has 4 rings (SSSR count). The van der Waals surface area contributed by atoms with Gasteiger partial charge in [-0.1, -0.05) is 24.3 Å². The number of anilines is 2. The number of carbonyl (C=O) groups excluding carboxylic acids is 2. The van der Waals surface area contributed by atoms with Gasteiger partial charge in [-0.3, -0.25) is 14.4 Å². The number of nitrogens with zero attached hydrogens (tertiary/aromatic N) is 3. The van der Waals surface area contributed by atoms with Gasteiger partial charge >= 0.3 is 0 Å². The molecule has 0 saturated carbocycles. The van der Waals surface area contributed by atoms with Gasteiger partial charge in [-0.05, 0) is 61.2 Å². The van der Waals surface area contributed by atoms with Crippen LogP contribution in [-0.4, -0.2) is 28.1 Å². The molecule has 0 spiro atoms. The molecule has 1 aromatic heterocycles. The summed E-state index contributed by atoms with van der Waals surface area (Å²) in [7, 11) is 0. The van der Waals surface area contributed by atoms with Crippen molar-refractivity contribution in [3.63, 3.8) is 0 Å². The SMILES string of the molecule is Cc1cc(C)cc(NC(=O)CCn2nc(C(=O)N3CCc4ccccc43)ccc2=O)c1. The van der Waals surface area contributed by atoms with E-state index in [0.29, 0.717) is 6.54 Å². The Morgan fingerprint density at radius 2 is 1.77 bits per heavy atom. The Bertz CT molecular complexity index is 1200. The minimum absolute atomic E-state index is 0.0735. The van der Waals surface area contributed by atoms with Crippen molar-refractivity contribution in [3.05, 3.63) is 87.3 Å². The molecule has 0 radical (unpaired) electrons. The molecule has 0 unspecified atom stereocenters.